The van der Waals surface area contributed by atoms with Gasteiger partial charge >= 0.3 is 0 Å². The topological polar surface area (TPSA) is 31.2 Å². The number of carbonyl (C=O) groups is 1. The molecular formula is C8H7ClNO. The molecule has 1 aromatic carbocycles. The summed E-state index contributed by atoms with van der Waals surface area (Å²) in [5.74, 6) is -0.243. The maximum absolute atomic E-state index is 10.9. The van der Waals surface area contributed by atoms with E-state index >= 15 is 0 Å². The van der Waals surface area contributed by atoms with Crippen LogP contribution in [0, 0.1) is 0 Å². The SMILES string of the molecule is C[N]C(=O)c1cccc(Cl)c1. The Morgan fingerprint density at radius 3 is 2.82 bits per heavy atom. The predicted octanol–water partition coefficient (Wildman–Crippen LogP) is 1.71. The van der Waals surface area contributed by atoms with Crippen LogP contribution in [0.1, 0.15) is 10.4 Å². The summed E-state index contributed by atoms with van der Waals surface area (Å²) in [7, 11) is 1.46. The van der Waals surface area contributed by atoms with Gasteiger partial charge in [0.05, 0.1) is 0 Å². The summed E-state index contributed by atoms with van der Waals surface area (Å²) in [6, 6.07) is 6.72. The van der Waals surface area contributed by atoms with E-state index in [0.29, 0.717) is 10.6 Å². The van der Waals surface area contributed by atoms with Gasteiger partial charge in [-0.25, -0.2) is 0 Å². The van der Waals surface area contributed by atoms with Gasteiger partial charge in [-0.1, -0.05) is 17.7 Å². The van der Waals surface area contributed by atoms with Crippen LogP contribution in [0.15, 0.2) is 24.3 Å². The third kappa shape index (κ3) is 1.95. The zero-order valence-corrected chi connectivity index (χ0v) is 6.80. The van der Waals surface area contributed by atoms with Crippen molar-refractivity contribution in [3.8, 4) is 0 Å². The van der Waals surface area contributed by atoms with Crippen LogP contribution in [0.5, 0.6) is 0 Å². The molecule has 0 saturated heterocycles. The van der Waals surface area contributed by atoms with Crippen molar-refractivity contribution in [1.82, 2.24) is 5.32 Å². The van der Waals surface area contributed by atoms with Crippen LogP contribution in [-0.4, -0.2) is 13.0 Å². The van der Waals surface area contributed by atoms with Crippen molar-refractivity contribution in [1.29, 1.82) is 0 Å². The van der Waals surface area contributed by atoms with Gasteiger partial charge in [-0.15, -0.1) is 0 Å². The Kier molecular flexibility index (Phi) is 2.49. The summed E-state index contributed by atoms with van der Waals surface area (Å²) in [5, 5.41) is 4.06. The zero-order valence-electron chi connectivity index (χ0n) is 6.04. The lowest BCUT2D eigenvalue weighted by Crippen LogP contribution is -2.09. The summed E-state index contributed by atoms with van der Waals surface area (Å²) < 4.78 is 0. The number of rotatable bonds is 1. The lowest BCUT2D eigenvalue weighted by Gasteiger charge is -1.96. The van der Waals surface area contributed by atoms with Crippen molar-refractivity contribution in [2.24, 2.45) is 0 Å². The van der Waals surface area contributed by atoms with E-state index in [0.717, 1.165) is 0 Å². The van der Waals surface area contributed by atoms with Crippen LogP contribution < -0.4 is 5.32 Å². The van der Waals surface area contributed by atoms with E-state index in [1.165, 1.54) is 7.05 Å². The molecule has 0 heterocycles. The smallest absolute Gasteiger partial charge is 0.267 e. The highest BCUT2D eigenvalue weighted by atomic mass is 35.5. The first-order valence-corrected chi connectivity index (χ1v) is 3.51. The number of benzene rings is 1. The Hall–Kier alpha value is -1.02. The summed E-state index contributed by atoms with van der Waals surface area (Å²) >= 11 is 5.65. The van der Waals surface area contributed by atoms with E-state index in [4.69, 9.17) is 11.6 Å². The molecule has 1 rings (SSSR count). The number of halogens is 1. The second-order valence-corrected chi connectivity index (χ2v) is 2.48. The van der Waals surface area contributed by atoms with E-state index < -0.39 is 0 Å². The zero-order chi connectivity index (χ0) is 8.27. The number of nitrogens with zero attached hydrogens (tertiary/aromatic N) is 1. The molecule has 0 atom stereocenters. The average Bonchev–Trinajstić information content (AvgIpc) is 2.03. The van der Waals surface area contributed by atoms with Crippen molar-refractivity contribution >= 4 is 17.5 Å². The molecule has 0 aliphatic heterocycles. The van der Waals surface area contributed by atoms with Crippen molar-refractivity contribution < 1.29 is 4.79 Å². The molecule has 1 aromatic rings. The summed E-state index contributed by atoms with van der Waals surface area (Å²) in [4.78, 5) is 10.9. The molecule has 0 N–H and O–H groups in total. The molecule has 11 heavy (non-hydrogen) atoms. The van der Waals surface area contributed by atoms with Gasteiger partial charge in [0.15, 0.2) is 0 Å². The molecule has 0 aliphatic carbocycles. The largest absolute Gasteiger partial charge is 0.272 e. The Morgan fingerprint density at radius 2 is 2.27 bits per heavy atom. The minimum absolute atomic E-state index is 0.243. The van der Waals surface area contributed by atoms with Crippen molar-refractivity contribution in [3.63, 3.8) is 0 Å². The van der Waals surface area contributed by atoms with E-state index in [-0.39, 0.29) is 5.91 Å². The van der Waals surface area contributed by atoms with Gasteiger partial charge in [0.25, 0.3) is 5.91 Å². The molecule has 0 spiro atoms. The average molecular weight is 169 g/mol. The maximum Gasteiger partial charge on any atom is 0.272 e. The van der Waals surface area contributed by atoms with Crippen LogP contribution in [0.2, 0.25) is 5.02 Å². The normalized spacial score (nSPS) is 9.27. The van der Waals surface area contributed by atoms with Gasteiger partial charge in [0.2, 0.25) is 0 Å². The van der Waals surface area contributed by atoms with Crippen LogP contribution in [0.25, 0.3) is 0 Å². The highest BCUT2D eigenvalue weighted by molar-refractivity contribution is 6.30. The third-order valence-electron chi connectivity index (χ3n) is 1.27. The van der Waals surface area contributed by atoms with Crippen LogP contribution in [-0.2, 0) is 0 Å². The molecule has 0 aliphatic rings. The van der Waals surface area contributed by atoms with Gasteiger partial charge in [0.1, 0.15) is 0 Å². The first kappa shape index (κ1) is 8.08. The lowest BCUT2D eigenvalue weighted by atomic mass is 10.2. The van der Waals surface area contributed by atoms with E-state index in [1.54, 1.807) is 24.3 Å². The first-order valence-electron chi connectivity index (χ1n) is 3.14. The molecule has 57 valence electrons. The van der Waals surface area contributed by atoms with Gasteiger partial charge in [-0.3, -0.25) is 10.1 Å². The molecule has 0 bridgehead atoms. The lowest BCUT2D eigenvalue weighted by molar-refractivity contribution is 0.0959. The highest BCUT2D eigenvalue weighted by Gasteiger charge is 2.02. The van der Waals surface area contributed by atoms with Gasteiger partial charge in [-0.2, -0.15) is 0 Å². The van der Waals surface area contributed by atoms with Crippen molar-refractivity contribution in [3.05, 3.63) is 34.9 Å². The molecular weight excluding hydrogens is 162 g/mol. The quantitative estimate of drug-likeness (QED) is 0.628. The highest BCUT2D eigenvalue weighted by Crippen LogP contribution is 2.10. The van der Waals surface area contributed by atoms with Crippen molar-refractivity contribution in [2.45, 2.75) is 0 Å². The van der Waals surface area contributed by atoms with Crippen LogP contribution in [0.4, 0.5) is 0 Å². The summed E-state index contributed by atoms with van der Waals surface area (Å²) in [6.07, 6.45) is 0. The monoisotopic (exact) mass is 168 g/mol. The number of hydrogen-bond donors (Lipinski definition) is 0. The number of hydrogen-bond acceptors (Lipinski definition) is 1. The fourth-order valence-electron chi connectivity index (χ4n) is 0.751. The Balaban J connectivity index is 2.96. The fraction of sp³-hybridized carbons (Fsp3) is 0.125. The van der Waals surface area contributed by atoms with Gasteiger partial charge < -0.3 is 0 Å². The van der Waals surface area contributed by atoms with Crippen molar-refractivity contribution in [2.75, 3.05) is 7.05 Å². The minimum Gasteiger partial charge on any atom is -0.267 e. The second-order valence-electron chi connectivity index (χ2n) is 2.04. The third-order valence-corrected chi connectivity index (χ3v) is 1.51. The Labute approximate surface area is 70.2 Å². The molecule has 1 radical (unpaired) electrons. The predicted molar refractivity (Wildman–Crippen MR) is 43.8 cm³/mol. The van der Waals surface area contributed by atoms with Gasteiger partial charge in [-0.05, 0) is 18.2 Å². The van der Waals surface area contributed by atoms with E-state index in [9.17, 15) is 4.79 Å². The van der Waals surface area contributed by atoms with Gasteiger partial charge in [0, 0.05) is 17.6 Å². The molecule has 0 saturated carbocycles. The Bertz CT molecular complexity index is 273. The standard InChI is InChI=1S/C8H7ClNO/c1-10-8(11)6-3-2-4-7(9)5-6/h2-5H,1H3. The summed E-state index contributed by atoms with van der Waals surface area (Å²) in [5.41, 5.74) is 0.528. The van der Waals surface area contributed by atoms with Crippen LogP contribution in [0.3, 0.4) is 0 Å². The first-order chi connectivity index (χ1) is 5.24. The molecule has 2 nitrogen and oxygen atoms in total. The number of carbonyl (C=O) groups excluding carboxylic acids is 1. The molecule has 0 unspecified atom stereocenters. The number of amides is 1. The maximum atomic E-state index is 10.9. The van der Waals surface area contributed by atoms with E-state index in [1.807, 2.05) is 0 Å². The second kappa shape index (κ2) is 3.39. The minimum atomic E-state index is -0.243. The summed E-state index contributed by atoms with van der Waals surface area (Å²) in [6.45, 7) is 0. The molecule has 0 fully saturated rings. The Morgan fingerprint density at radius 1 is 1.55 bits per heavy atom. The molecule has 1 amide bonds. The van der Waals surface area contributed by atoms with E-state index in [2.05, 4.69) is 5.32 Å². The molecule has 3 heteroatoms. The fourth-order valence-corrected chi connectivity index (χ4v) is 0.941. The van der Waals surface area contributed by atoms with Crippen LogP contribution >= 0.6 is 11.6 Å². The molecule has 0 aromatic heterocycles.